The van der Waals surface area contributed by atoms with Gasteiger partial charge in [-0.15, -0.1) is 0 Å². The summed E-state index contributed by atoms with van der Waals surface area (Å²) < 4.78 is 26.7. The van der Waals surface area contributed by atoms with Crippen LogP contribution in [0.5, 0.6) is 0 Å². The van der Waals surface area contributed by atoms with Crippen LogP contribution in [0.3, 0.4) is 0 Å². The lowest BCUT2D eigenvalue weighted by Crippen LogP contribution is -1.96. The first-order chi connectivity index (χ1) is 8.22. The molecule has 2 nitrogen and oxygen atoms in total. The lowest BCUT2D eigenvalue weighted by molar-refractivity contribution is -0.107. The number of aromatic nitrogens is 1. The normalized spacial score (nSPS) is 10.2. The molecule has 0 N–H and O–H groups in total. The first kappa shape index (κ1) is 11.4. The fourth-order valence-corrected chi connectivity index (χ4v) is 1.61. The quantitative estimate of drug-likeness (QED) is 0.763. The van der Waals surface area contributed by atoms with E-state index in [1.54, 1.807) is 12.1 Å². The number of halogens is 2. The molecule has 0 unspecified atom stereocenters. The predicted molar refractivity (Wildman–Crippen MR) is 59.4 cm³/mol. The van der Waals surface area contributed by atoms with Crippen molar-refractivity contribution in [1.82, 2.24) is 4.98 Å². The lowest BCUT2D eigenvalue weighted by Gasteiger charge is -2.07. The number of hydrogen-bond acceptors (Lipinski definition) is 2. The van der Waals surface area contributed by atoms with E-state index in [2.05, 4.69) is 4.98 Å². The Morgan fingerprint density at radius 2 is 2.06 bits per heavy atom. The molecule has 0 amide bonds. The number of benzene rings is 1. The number of carbonyl (C=O) groups excluding carboxylic acids is 1. The van der Waals surface area contributed by atoms with Crippen molar-refractivity contribution >= 4 is 6.29 Å². The van der Waals surface area contributed by atoms with Crippen LogP contribution in [-0.2, 0) is 11.2 Å². The molecule has 86 valence electrons. The van der Waals surface area contributed by atoms with E-state index in [-0.39, 0.29) is 12.0 Å². The van der Waals surface area contributed by atoms with E-state index < -0.39 is 11.6 Å². The maximum atomic E-state index is 13.6. The number of pyridine rings is 1. The van der Waals surface area contributed by atoms with Crippen molar-refractivity contribution in [2.75, 3.05) is 0 Å². The lowest BCUT2D eigenvalue weighted by atomic mass is 10.0. The Morgan fingerprint density at radius 1 is 1.24 bits per heavy atom. The van der Waals surface area contributed by atoms with Gasteiger partial charge in [0.1, 0.15) is 17.9 Å². The third-order valence-corrected chi connectivity index (χ3v) is 2.38. The van der Waals surface area contributed by atoms with Gasteiger partial charge in [-0.1, -0.05) is 6.07 Å². The summed E-state index contributed by atoms with van der Waals surface area (Å²) in [6, 6.07) is 6.48. The van der Waals surface area contributed by atoms with Crippen LogP contribution in [-0.4, -0.2) is 11.3 Å². The predicted octanol–water partition coefficient (Wildman–Crippen LogP) is 2.77. The highest BCUT2D eigenvalue weighted by molar-refractivity contribution is 5.68. The van der Waals surface area contributed by atoms with E-state index in [1.165, 1.54) is 6.20 Å². The molecule has 0 aliphatic carbocycles. The molecule has 0 atom stereocenters. The molecule has 1 heterocycles. The monoisotopic (exact) mass is 233 g/mol. The molecule has 17 heavy (non-hydrogen) atoms. The van der Waals surface area contributed by atoms with Crippen molar-refractivity contribution < 1.29 is 13.6 Å². The van der Waals surface area contributed by atoms with Crippen molar-refractivity contribution in [1.29, 1.82) is 0 Å². The molecule has 1 aromatic heterocycles. The second-order valence-corrected chi connectivity index (χ2v) is 3.51. The average molecular weight is 233 g/mol. The summed E-state index contributed by atoms with van der Waals surface area (Å²) in [5, 5.41) is 0. The van der Waals surface area contributed by atoms with E-state index in [0.29, 0.717) is 17.5 Å². The highest BCUT2D eigenvalue weighted by Gasteiger charge is 2.11. The summed E-state index contributed by atoms with van der Waals surface area (Å²) >= 11 is 0. The highest BCUT2D eigenvalue weighted by atomic mass is 19.1. The standard InChI is InChI=1S/C13H9F2NO/c14-10-3-4-12(15)11(8-10)13-9(5-7-17)2-1-6-16-13/h1-4,6-8H,5H2. The van der Waals surface area contributed by atoms with Crippen LogP contribution in [0.4, 0.5) is 8.78 Å². The van der Waals surface area contributed by atoms with Crippen molar-refractivity contribution in [2.24, 2.45) is 0 Å². The minimum Gasteiger partial charge on any atom is -0.303 e. The first-order valence-corrected chi connectivity index (χ1v) is 5.05. The fraction of sp³-hybridized carbons (Fsp3) is 0.0769. The Balaban J connectivity index is 2.59. The summed E-state index contributed by atoms with van der Waals surface area (Å²) in [6.45, 7) is 0. The molecule has 0 spiro atoms. The van der Waals surface area contributed by atoms with E-state index >= 15 is 0 Å². The summed E-state index contributed by atoms with van der Waals surface area (Å²) in [7, 11) is 0. The summed E-state index contributed by atoms with van der Waals surface area (Å²) in [5.41, 5.74) is 0.950. The summed E-state index contributed by atoms with van der Waals surface area (Å²) in [5.74, 6) is -1.10. The van der Waals surface area contributed by atoms with Crippen LogP contribution < -0.4 is 0 Å². The van der Waals surface area contributed by atoms with E-state index in [9.17, 15) is 13.6 Å². The highest BCUT2D eigenvalue weighted by Crippen LogP contribution is 2.25. The van der Waals surface area contributed by atoms with Gasteiger partial charge in [0.25, 0.3) is 0 Å². The summed E-state index contributed by atoms with van der Waals surface area (Å²) in [4.78, 5) is 14.5. The van der Waals surface area contributed by atoms with Gasteiger partial charge in [-0.25, -0.2) is 8.78 Å². The largest absolute Gasteiger partial charge is 0.303 e. The Kier molecular flexibility index (Phi) is 3.23. The van der Waals surface area contributed by atoms with E-state index in [1.807, 2.05) is 0 Å². The zero-order valence-corrected chi connectivity index (χ0v) is 8.86. The van der Waals surface area contributed by atoms with Crippen LogP contribution in [0.1, 0.15) is 5.56 Å². The zero-order chi connectivity index (χ0) is 12.3. The molecule has 0 aliphatic rings. The Bertz CT molecular complexity index is 555. The molecule has 0 fully saturated rings. The molecule has 0 radical (unpaired) electrons. The molecular formula is C13H9F2NO. The SMILES string of the molecule is O=CCc1cccnc1-c1cc(F)ccc1F. The second kappa shape index (κ2) is 4.82. The van der Waals surface area contributed by atoms with E-state index in [0.717, 1.165) is 18.2 Å². The number of hydrogen-bond donors (Lipinski definition) is 0. The van der Waals surface area contributed by atoms with Gasteiger partial charge in [0, 0.05) is 18.2 Å². The molecule has 2 aromatic rings. The fourth-order valence-electron chi connectivity index (χ4n) is 1.61. The average Bonchev–Trinajstić information content (AvgIpc) is 2.34. The first-order valence-electron chi connectivity index (χ1n) is 5.05. The van der Waals surface area contributed by atoms with Crippen molar-refractivity contribution in [2.45, 2.75) is 6.42 Å². The molecule has 0 bridgehead atoms. The molecule has 0 aliphatic heterocycles. The third-order valence-electron chi connectivity index (χ3n) is 2.38. The van der Waals surface area contributed by atoms with Crippen LogP contribution in [0.2, 0.25) is 0 Å². The van der Waals surface area contributed by atoms with Crippen LogP contribution in [0.15, 0.2) is 36.5 Å². The zero-order valence-electron chi connectivity index (χ0n) is 8.86. The van der Waals surface area contributed by atoms with Gasteiger partial charge in [0.05, 0.1) is 5.69 Å². The van der Waals surface area contributed by atoms with Gasteiger partial charge in [-0.05, 0) is 29.8 Å². The summed E-state index contributed by atoms with van der Waals surface area (Å²) in [6.07, 6.45) is 2.31. The topological polar surface area (TPSA) is 30.0 Å². The third kappa shape index (κ3) is 2.36. The van der Waals surface area contributed by atoms with Crippen LogP contribution in [0.25, 0.3) is 11.3 Å². The van der Waals surface area contributed by atoms with Gasteiger partial charge in [-0.2, -0.15) is 0 Å². The molecule has 0 saturated carbocycles. The Hall–Kier alpha value is -2.10. The Morgan fingerprint density at radius 3 is 2.82 bits per heavy atom. The van der Waals surface area contributed by atoms with Gasteiger partial charge in [0.15, 0.2) is 0 Å². The maximum absolute atomic E-state index is 13.6. The number of aldehydes is 1. The smallest absolute Gasteiger partial charge is 0.132 e. The molecular weight excluding hydrogens is 224 g/mol. The minimum absolute atomic E-state index is 0.0717. The number of nitrogens with zero attached hydrogens (tertiary/aromatic N) is 1. The second-order valence-electron chi connectivity index (χ2n) is 3.51. The van der Waals surface area contributed by atoms with Gasteiger partial charge < -0.3 is 4.79 Å². The molecule has 0 saturated heterocycles. The molecule has 2 rings (SSSR count). The van der Waals surface area contributed by atoms with Crippen molar-refractivity contribution in [3.63, 3.8) is 0 Å². The molecule has 4 heteroatoms. The van der Waals surface area contributed by atoms with Crippen molar-refractivity contribution in [3.05, 3.63) is 53.7 Å². The number of rotatable bonds is 3. The van der Waals surface area contributed by atoms with Crippen LogP contribution >= 0.6 is 0 Å². The Labute approximate surface area is 96.9 Å². The van der Waals surface area contributed by atoms with E-state index in [4.69, 9.17) is 0 Å². The van der Waals surface area contributed by atoms with Gasteiger partial charge >= 0.3 is 0 Å². The van der Waals surface area contributed by atoms with Gasteiger partial charge in [-0.3, -0.25) is 4.98 Å². The van der Waals surface area contributed by atoms with Crippen molar-refractivity contribution in [3.8, 4) is 11.3 Å². The maximum Gasteiger partial charge on any atom is 0.132 e. The van der Waals surface area contributed by atoms with Crippen LogP contribution in [0, 0.1) is 11.6 Å². The molecule has 1 aromatic carbocycles. The minimum atomic E-state index is -0.558. The van der Waals surface area contributed by atoms with Gasteiger partial charge in [0.2, 0.25) is 0 Å². The number of carbonyl (C=O) groups is 1.